The fourth-order valence-electron chi connectivity index (χ4n) is 2.96. The van der Waals surface area contributed by atoms with Crippen LogP contribution < -0.4 is 10.6 Å². The van der Waals surface area contributed by atoms with Gasteiger partial charge in [0.25, 0.3) is 0 Å². The van der Waals surface area contributed by atoms with Crippen LogP contribution in [0, 0.1) is 5.92 Å². The Bertz CT molecular complexity index is 548. The van der Waals surface area contributed by atoms with Gasteiger partial charge in [-0.05, 0) is 43.7 Å². The first-order chi connectivity index (χ1) is 12.5. The van der Waals surface area contributed by atoms with Crippen LogP contribution in [0.25, 0.3) is 0 Å². The fourth-order valence-corrected chi connectivity index (χ4v) is 2.96. The zero-order valence-corrected chi connectivity index (χ0v) is 16.8. The maximum atomic E-state index is 9.61. The molecule has 0 amide bonds. The van der Waals surface area contributed by atoms with Gasteiger partial charge in [-0.2, -0.15) is 0 Å². The highest BCUT2D eigenvalue weighted by molar-refractivity contribution is 5.80. The first kappa shape index (κ1) is 20.7. The van der Waals surface area contributed by atoms with Crippen LogP contribution in [0.3, 0.4) is 0 Å². The minimum Gasteiger partial charge on any atom is -0.393 e. The van der Waals surface area contributed by atoms with E-state index in [1.165, 1.54) is 11.1 Å². The molecule has 3 N–H and O–H groups in total. The molecule has 1 unspecified atom stereocenters. The molecule has 0 aliphatic carbocycles. The molecule has 0 saturated carbocycles. The summed E-state index contributed by atoms with van der Waals surface area (Å²) in [5, 5.41) is 16.4. The van der Waals surface area contributed by atoms with E-state index >= 15 is 0 Å². The second kappa shape index (κ2) is 10.5. The van der Waals surface area contributed by atoms with Gasteiger partial charge in [-0.25, -0.2) is 4.99 Å². The van der Waals surface area contributed by atoms with Gasteiger partial charge >= 0.3 is 0 Å². The quantitative estimate of drug-likeness (QED) is 0.517. The number of benzene rings is 1. The number of rotatable bonds is 7. The van der Waals surface area contributed by atoms with E-state index in [2.05, 4.69) is 67.5 Å². The molecule has 1 aliphatic rings. The van der Waals surface area contributed by atoms with Crippen molar-refractivity contribution in [2.24, 2.45) is 10.9 Å². The van der Waals surface area contributed by atoms with E-state index in [1.807, 2.05) is 0 Å². The molecule has 1 fully saturated rings. The smallest absolute Gasteiger partial charge is 0.191 e. The Labute approximate surface area is 158 Å². The average Bonchev–Trinajstić information content (AvgIpc) is 2.63. The number of nitrogens with one attached hydrogen (secondary N) is 2. The van der Waals surface area contributed by atoms with Gasteiger partial charge in [0.1, 0.15) is 0 Å². The topological polar surface area (TPSA) is 59.9 Å². The molecule has 0 spiro atoms. The summed E-state index contributed by atoms with van der Waals surface area (Å²) in [4.78, 5) is 7.13. The molecule has 5 heteroatoms. The number of nitrogens with zero attached hydrogens (tertiary/aromatic N) is 2. The van der Waals surface area contributed by atoms with E-state index in [9.17, 15) is 5.11 Å². The van der Waals surface area contributed by atoms with Gasteiger partial charge in [0.15, 0.2) is 5.96 Å². The molecule has 0 aromatic heterocycles. The predicted molar refractivity (Wildman–Crippen MR) is 109 cm³/mol. The van der Waals surface area contributed by atoms with E-state index in [0.29, 0.717) is 18.5 Å². The van der Waals surface area contributed by atoms with Crippen LogP contribution in [-0.4, -0.2) is 47.7 Å². The van der Waals surface area contributed by atoms with E-state index in [1.54, 1.807) is 0 Å². The number of aliphatic hydroxyl groups is 1. The van der Waals surface area contributed by atoms with Crippen molar-refractivity contribution < 1.29 is 5.11 Å². The van der Waals surface area contributed by atoms with Gasteiger partial charge in [-0.1, -0.05) is 38.1 Å². The number of hydrogen-bond donors (Lipinski definition) is 3. The maximum absolute atomic E-state index is 9.61. The molecular formula is C21H36N4O. The predicted octanol–water partition coefficient (Wildman–Crippen LogP) is 2.74. The summed E-state index contributed by atoms with van der Waals surface area (Å²) >= 11 is 0. The number of likely N-dealkylation sites (tertiary alicyclic amines) is 1. The Morgan fingerprint density at radius 3 is 2.35 bits per heavy atom. The van der Waals surface area contributed by atoms with Gasteiger partial charge in [0.05, 0.1) is 12.6 Å². The number of guanidine groups is 1. The maximum Gasteiger partial charge on any atom is 0.191 e. The normalized spacial score (nSPS) is 18.2. The molecule has 1 atom stereocenters. The molecule has 1 saturated heterocycles. The van der Waals surface area contributed by atoms with Crippen LogP contribution in [0.2, 0.25) is 0 Å². The zero-order chi connectivity index (χ0) is 18.9. The van der Waals surface area contributed by atoms with E-state index in [4.69, 9.17) is 4.99 Å². The van der Waals surface area contributed by atoms with Crippen LogP contribution in [0.5, 0.6) is 0 Å². The lowest BCUT2D eigenvalue weighted by molar-refractivity contribution is 0.0792. The molecule has 5 nitrogen and oxygen atoms in total. The Hall–Kier alpha value is -1.59. The van der Waals surface area contributed by atoms with Crippen LogP contribution in [0.4, 0.5) is 0 Å². The van der Waals surface area contributed by atoms with Crippen molar-refractivity contribution in [3.8, 4) is 0 Å². The molecule has 1 aromatic carbocycles. The summed E-state index contributed by atoms with van der Waals surface area (Å²) in [7, 11) is 0. The van der Waals surface area contributed by atoms with Gasteiger partial charge in [-0.15, -0.1) is 0 Å². The minimum atomic E-state index is -0.107. The lowest BCUT2D eigenvalue weighted by Gasteiger charge is -2.29. The largest absolute Gasteiger partial charge is 0.393 e. The summed E-state index contributed by atoms with van der Waals surface area (Å²) < 4.78 is 0. The SMILES string of the molecule is CCNC(=NCc1ccc(CN2CCC(O)CC2)cc1)NC(C)C(C)C. The van der Waals surface area contributed by atoms with E-state index < -0.39 is 0 Å². The van der Waals surface area contributed by atoms with Crippen LogP contribution >= 0.6 is 0 Å². The standard InChI is InChI=1S/C21H36N4O/c1-5-22-21(24-17(4)16(2)3)23-14-18-6-8-19(9-7-18)15-25-12-10-20(26)11-13-25/h6-9,16-17,20,26H,5,10-15H2,1-4H3,(H2,22,23,24). The van der Waals surface area contributed by atoms with Crippen molar-refractivity contribution in [2.45, 2.75) is 65.8 Å². The first-order valence-electron chi connectivity index (χ1n) is 10.0. The molecule has 1 aliphatic heterocycles. The monoisotopic (exact) mass is 360 g/mol. The summed E-state index contributed by atoms with van der Waals surface area (Å²) in [6.07, 6.45) is 1.67. The van der Waals surface area contributed by atoms with Crippen molar-refractivity contribution in [2.75, 3.05) is 19.6 Å². The molecule has 0 radical (unpaired) electrons. The third kappa shape index (κ3) is 6.96. The number of aliphatic hydroxyl groups excluding tert-OH is 1. The average molecular weight is 361 g/mol. The number of piperidine rings is 1. The van der Waals surface area contributed by atoms with Gasteiger partial charge in [-0.3, -0.25) is 4.90 Å². The van der Waals surface area contributed by atoms with Gasteiger partial charge in [0.2, 0.25) is 0 Å². The first-order valence-corrected chi connectivity index (χ1v) is 10.0. The van der Waals surface area contributed by atoms with E-state index in [-0.39, 0.29) is 6.10 Å². The zero-order valence-electron chi connectivity index (χ0n) is 16.8. The molecule has 1 heterocycles. The van der Waals surface area contributed by atoms with Gasteiger partial charge < -0.3 is 15.7 Å². The Balaban J connectivity index is 1.88. The minimum absolute atomic E-state index is 0.107. The molecular weight excluding hydrogens is 324 g/mol. The number of hydrogen-bond acceptors (Lipinski definition) is 3. The van der Waals surface area contributed by atoms with Crippen molar-refractivity contribution in [3.63, 3.8) is 0 Å². The van der Waals surface area contributed by atoms with Crippen molar-refractivity contribution in [1.82, 2.24) is 15.5 Å². The Morgan fingerprint density at radius 2 is 1.77 bits per heavy atom. The highest BCUT2D eigenvalue weighted by Gasteiger charge is 2.16. The van der Waals surface area contributed by atoms with Crippen molar-refractivity contribution >= 4 is 5.96 Å². The van der Waals surface area contributed by atoms with Crippen LogP contribution in [-0.2, 0) is 13.1 Å². The highest BCUT2D eigenvalue weighted by Crippen LogP contribution is 2.14. The van der Waals surface area contributed by atoms with Crippen molar-refractivity contribution in [1.29, 1.82) is 0 Å². The third-order valence-corrected chi connectivity index (χ3v) is 5.11. The van der Waals surface area contributed by atoms with Gasteiger partial charge in [0, 0.05) is 32.2 Å². The molecule has 2 rings (SSSR count). The summed E-state index contributed by atoms with van der Waals surface area (Å²) in [6, 6.07) is 9.14. The molecule has 146 valence electrons. The highest BCUT2D eigenvalue weighted by atomic mass is 16.3. The lowest BCUT2D eigenvalue weighted by Crippen LogP contribution is -2.44. The fraction of sp³-hybridized carbons (Fsp3) is 0.667. The summed E-state index contributed by atoms with van der Waals surface area (Å²) in [6.45, 7) is 13.2. The second-order valence-corrected chi connectivity index (χ2v) is 7.70. The molecule has 1 aromatic rings. The number of aliphatic imine (C=N–C) groups is 1. The third-order valence-electron chi connectivity index (χ3n) is 5.11. The van der Waals surface area contributed by atoms with Crippen LogP contribution in [0.15, 0.2) is 29.3 Å². The molecule has 0 bridgehead atoms. The summed E-state index contributed by atoms with van der Waals surface area (Å²) in [5.41, 5.74) is 2.55. The Morgan fingerprint density at radius 1 is 1.15 bits per heavy atom. The summed E-state index contributed by atoms with van der Waals surface area (Å²) in [5.74, 6) is 1.44. The van der Waals surface area contributed by atoms with Crippen molar-refractivity contribution in [3.05, 3.63) is 35.4 Å². The lowest BCUT2D eigenvalue weighted by atomic mass is 10.1. The Kier molecular flexibility index (Phi) is 8.39. The second-order valence-electron chi connectivity index (χ2n) is 7.70. The van der Waals surface area contributed by atoms with Crippen LogP contribution in [0.1, 0.15) is 51.7 Å². The molecule has 26 heavy (non-hydrogen) atoms. The van der Waals surface area contributed by atoms with E-state index in [0.717, 1.165) is 45.0 Å².